The lowest BCUT2D eigenvalue weighted by molar-refractivity contribution is 0.459. The number of nitrogens with one attached hydrogen (secondary N) is 1. The minimum atomic E-state index is -0.303. The molecule has 3 nitrogen and oxygen atoms in total. The molecule has 1 N–H and O–H groups in total. The highest BCUT2D eigenvalue weighted by atomic mass is 19.1. The van der Waals surface area contributed by atoms with E-state index in [2.05, 4.69) is 10.5 Å². The van der Waals surface area contributed by atoms with Crippen LogP contribution in [0.15, 0.2) is 22.7 Å². The van der Waals surface area contributed by atoms with Gasteiger partial charge < -0.3 is 9.84 Å². The fourth-order valence-electron chi connectivity index (χ4n) is 1.31. The van der Waals surface area contributed by atoms with E-state index in [0.29, 0.717) is 16.8 Å². The molecule has 0 spiro atoms. The van der Waals surface area contributed by atoms with Gasteiger partial charge in [-0.05, 0) is 18.6 Å². The van der Waals surface area contributed by atoms with Crippen LogP contribution in [-0.4, -0.2) is 11.7 Å². The summed E-state index contributed by atoms with van der Waals surface area (Å²) in [5, 5.41) is 7.21. The van der Waals surface area contributed by atoms with E-state index in [1.54, 1.807) is 12.1 Å². The van der Waals surface area contributed by atoms with Gasteiger partial charge in [-0.25, -0.2) is 4.39 Å². The third kappa shape index (κ3) is 1.43. The Kier molecular flexibility index (Phi) is 2.35. The largest absolute Gasteiger partial charge is 0.367 e. The molecule has 0 bridgehead atoms. The fraction of sp³-hybridized carbons (Fsp3) is 0.300. The zero-order valence-electron chi connectivity index (χ0n) is 7.88. The Hall–Kier alpha value is -1.58. The lowest BCUT2D eigenvalue weighted by Gasteiger charge is -1.98. The molecule has 0 fully saturated rings. The first-order valence-corrected chi connectivity index (χ1v) is 4.60. The molecule has 4 heteroatoms. The molecule has 2 rings (SSSR count). The molecule has 0 amide bonds. The number of benzene rings is 1. The summed E-state index contributed by atoms with van der Waals surface area (Å²) in [6, 6.07) is 4.70. The molecule has 0 saturated carbocycles. The van der Waals surface area contributed by atoms with Crippen LogP contribution in [0.4, 0.5) is 10.2 Å². The quantitative estimate of drug-likeness (QED) is 0.816. The minimum absolute atomic E-state index is 0.303. The van der Waals surface area contributed by atoms with Gasteiger partial charge in [0.15, 0.2) is 11.4 Å². The molecule has 0 saturated heterocycles. The van der Waals surface area contributed by atoms with Gasteiger partial charge in [0.25, 0.3) is 0 Å². The molecule has 0 aliphatic carbocycles. The zero-order chi connectivity index (χ0) is 9.97. The SMILES string of the molecule is CCCNc1noc2cccc(F)c12. The van der Waals surface area contributed by atoms with Crippen LogP contribution in [0.3, 0.4) is 0 Å². The summed E-state index contributed by atoms with van der Waals surface area (Å²) in [6.07, 6.45) is 0.961. The van der Waals surface area contributed by atoms with Crippen molar-refractivity contribution in [2.75, 3.05) is 11.9 Å². The van der Waals surface area contributed by atoms with Gasteiger partial charge in [-0.3, -0.25) is 0 Å². The number of hydrogen-bond donors (Lipinski definition) is 1. The van der Waals surface area contributed by atoms with Gasteiger partial charge >= 0.3 is 0 Å². The van der Waals surface area contributed by atoms with Gasteiger partial charge in [0.05, 0.1) is 0 Å². The Morgan fingerprint density at radius 1 is 1.50 bits per heavy atom. The number of nitrogens with zero attached hydrogens (tertiary/aromatic N) is 1. The average Bonchev–Trinajstić information content (AvgIpc) is 2.59. The third-order valence-electron chi connectivity index (χ3n) is 1.99. The van der Waals surface area contributed by atoms with E-state index in [1.165, 1.54) is 6.07 Å². The molecular formula is C10H11FN2O. The van der Waals surface area contributed by atoms with Crippen LogP contribution >= 0.6 is 0 Å². The Morgan fingerprint density at radius 2 is 2.36 bits per heavy atom. The second-order valence-corrected chi connectivity index (χ2v) is 3.07. The van der Waals surface area contributed by atoms with Crippen LogP contribution < -0.4 is 5.32 Å². The molecule has 0 atom stereocenters. The van der Waals surface area contributed by atoms with Gasteiger partial charge in [-0.15, -0.1) is 0 Å². The standard InChI is InChI=1S/C10H11FN2O/c1-2-6-12-10-9-7(11)4-3-5-8(9)14-13-10/h3-5H,2,6H2,1H3,(H,12,13). The molecular weight excluding hydrogens is 183 g/mol. The van der Waals surface area contributed by atoms with Crippen molar-refractivity contribution in [1.29, 1.82) is 0 Å². The predicted octanol–water partition coefficient (Wildman–Crippen LogP) is 2.79. The number of hydrogen-bond acceptors (Lipinski definition) is 3. The molecule has 14 heavy (non-hydrogen) atoms. The van der Waals surface area contributed by atoms with Crippen molar-refractivity contribution in [2.24, 2.45) is 0 Å². The Bertz CT molecular complexity index is 439. The minimum Gasteiger partial charge on any atom is -0.367 e. The first kappa shape index (κ1) is 8.99. The first-order chi connectivity index (χ1) is 6.83. The summed E-state index contributed by atoms with van der Waals surface area (Å²) in [4.78, 5) is 0. The van der Waals surface area contributed by atoms with Gasteiger partial charge in [0.1, 0.15) is 11.2 Å². The van der Waals surface area contributed by atoms with E-state index in [9.17, 15) is 4.39 Å². The van der Waals surface area contributed by atoms with E-state index >= 15 is 0 Å². The summed E-state index contributed by atoms with van der Waals surface area (Å²) in [6.45, 7) is 2.79. The fourth-order valence-corrected chi connectivity index (χ4v) is 1.31. The van der Waals surface area contributed by atoms with Crippen molar-refractivity contribution in [3.63, 3.8) is 0 Å². The highest BCUT2D eigenvalue weighted by Crippen LogP contribution is 2.25. The molecule has 0 aliphatic heterocycles. The average molecular weight is 194 g/mol. The molecule has 1 heterocycles. The van der Waals surface area contributed by atoms with E-state index in [0.717, 1.165) is 13.0 Å². The highest BCUT2D eigenvalue weighted by Gasteiger charge is 2.11. The van der Waals surface area contributed by atoms with Crippen molar-refractivity contribution in [3.8, 4) is 0 Å². The normalized spacial score (nSPS) is 10.7. The summed E-state index contributed by atoms with van der Waals surface area (Å²) in [5.74, 6) is 0.183. The van der Waals surface area contributed by atoms with E-state index in [-0.39, 0.29) is 5.82 Å². The molecule has 2 aromatic rings. The second kappa shape index (κ2) is 3.65. The maximum Gasteiger partial charge on any atom is 0.180 e. The monoisotopic (exact) mass is 194 g/mol. The molecule has 74 valence electrons. The number of aromatic nitrogens is 1. The van der Waals surface area contributed by atoms with Crippen LogP contribution in [0.5, 0.6) is 0 Å². The van der Waals surface area contributed by atoms with Crippen LogP contribution in [-0.2, 0) is 0 Å². The summed E-state index contributed by atoms with van der Waals surface area (Å²) >= 11 is 0. The van der Waals surface area contributed by atoms with Crippen molar-refractivity contribution < 1.29 is 8.91 Å². The highest BCUT2D eigenvalue weighted by molar-refractivity contribution is 5.88. The molecule has 0 aliphatic rings. The second-order valence-electron chi connectivity index (χ2n) is 3.07. The zero-order valence-corrected chi connectivity index (χ0v) is 7.88. The first-order valence-electron chi connectivity index (χ1n) is 4.60. The molecule has 0 radical (unpaired) electrons. The van der Waals surface area contributed by atoms with Crippen LogP contribution in [0, 0.1) is 5.82 Å². The van der Waals surface area contributed by atoms with Crippen LogP contribution in [0.2, 0.25) is 0 Å². The number of fused-ring (bicyclic) bond motifs is 1. The molecule has 1 aromatic heterocycles. The molecule has 1 aromatic carbocycles. The number of halogens is 1. The maximum absolute atomic E-state index is 13.4. The Balaban J connectivity index is 2.45. The third-order valence-corrected chi connectivity index (χ3v) is 1.99. The summed E-state index contributed by atoms with van der Waals surface area (Å²) in [5.41, 5.74) is 0.476. The summed E-state index contributed by atoms with van der Waals surface area (Å²) < 4.78 is 18.3. The maximum atomic E-state index is 13.4. The Labute approximate surface area is 80.9 Å². The van der Waals surface area contributed by atoms with Crippen molar-refractivity contribution >= 4 is 16.8 Å². The predicted molar refractivity (Wildman–Crippen MR) is 52.7 cm³/mol. The topological polar surface area (TPSA) is 38.1 Å². The number of rotatable bonds is 3. The van der Waals surface area contributed by atoms with E-state index in [4.69, 9.17) is 4.52 Å². The van der Waals surface area contributed by atoms with Crippen molar-refractivity contribution in [3.05, 3.63) is 24.0 Å². The van der Waals surface area contributed by atoms with Crippen LogP contribution in [0.1, 0.15) is 13.3 Å². The van der Waals surface area contributed by atoms with Gasteiger partial charge in [0, 0.05) is 6.54 Å². The van der Waals surface area contributed by atoms with Crippen molar-refractivity contribution in [2.45, 2.75) is 13.3 Å². The number of anilines is 1. The van der Waals surface area contributed by atoms with E-state index < -0.39 is 0 Å². The van der Waals surface area contributed by atoms with Gasteiger partial charge in [-0.2, -0.15) is 0 Å². The van der Waals surface area contributed by atoms with Gasteiger partial charge in [0.2, 0.25) is 0 Å². The van der Waals surface area contributed by atoms with Gasteiger partial charge in [-0.1, -0.05) is 18.1 Å². The smallest absolute Gasteiger partial charge is 0.180 e. The summed E-state index contributed by atoms with van der Waals surface area (Å²) in [7, 11) is 0. The van der Waals surface area contributed by atoms with E-state index in [1.807, 2.05) is 6.92 Å². The van der Waals surface area contributed by atoms with Crippen molar-refractivity contribution in [1.82, 2.24) is 5.16 Å². The molecule has 0 unspecified atom stereocenters. The Morgan fingerprint density at radius 3 is 3.14 bits per heavy atom. The lowest BCUT2D eigenvalue weighted by atomic mass is 10.2. The lowest BCUT2D eigenvalue weighted by Crippen LogP contribution is -2.00. The van der Waals surface area contributed by atoms with Crippen LogP contribution in [0.25, 0.3) is 11.0 Å².